The Balaban J connectivity index is 1.90. The Bertz CT molecular complexity index is 424. The van der Waals surface area contributed by atoms with E-state index in [9.17, 15) is 4.79 Å². The Labute approximate surface area is 86.8 Å². The quantitative estimate of drug-likeness (QED) is 0.718. The summed E-state index contributed by atoms with van der Waals surface area (Å²) in [6.07, 6.45) is 5.83. The van der Waals surface area contributed by atoms with Crippen LogP contribution in [0.1, 0.15) is 19.3 Å². The molecule has 1 aliphatic carbocycles. The van der Waals surface area contributed by atoms with Gasteiger partial charge < -0.3 is 0 Å². The van der Waals surface area contributed by atoms with Crippen LogP contribution in [-0.4, -0.2) is 21.6 Å². The van der Waals surface area contributed by atoms with E-state index in [1.807, 2.05) is 0 Å². The smallest absolute Gasteiger partial charge is 0.254 e. The van der Waals surface area contributed by atoms with Gasteiger partial charge in [0.1, 0.15) is 6.33 Å². The zero-order valence-electron chi connectivity index (χ0n) is 8.13. The van der Waals surface area contributed by atoms with Crippen LogP contribution in [0.5, 0.6) is 0 Å². The van der Waals surface area contributed by atoms with Crippen molar-refractivity contribution in [3.63, 3.8) is 0 Å². The maximum absolute atomic E-state index is 11.7. The van der Waals surface area contributed by atoms with Gasteiger partial charge in [-0.05, 0) is 18.8 Å². The van der Waals surface area contributed by atoms with Gasteiger partial charge in [0.15, 0.2) is 5.82 Å². The maximum atomic E-state index is 11.7. The molecule has 0 spiro atoms. The van der Waals surface area contributed by atoms with Gasteiger partial charge in [-0.3, -0.25) is 4.79 Å². The van der Waals surface area contributed by atoms with Crippen molar-refractivity contribution in [2.24, 2.45) is 11.0 Å². The molecule has 0 saturated heterocycles. The molecule has 3 rings (SSSR count). The molecule has 2 aliphatic rings. The van der Waals surface area contributed by atoms with Crippen LogP contribution < -0.4 is 5.01 Å². The lowest BCUT2D eigenvalue weighted by Gasteiger charge is -2.08. The minimum absolute atomic E-state index is 0.00981. The van der Waals surface area contributed by atoms with Gasteiger partial charge in [-0.2, -0.15) is 10.1 Å². The number of hydrogen-bond acceptors (Lipinski definition) is 4. The summed E-state index contributed by atoms with van der Waals surface area (Å²) in [5.41, 5.74) is 1.01. The first-order valence-electron chi connectivity index (χ1n) is 5.01. The molecule has 1 saturated carbocycles. The van der Waals surface area contributed by atoms with E-state index in [2.05, 4.69) is 15.1 Å². The molecule has 15 heavy (non-hydrogen) atoms. The van der Waals surface area contributed by atoms with Crippen molar-refractivity contribution in [3.05, 3.63) is 18.6 Å². The Morgan fingerprint density at radius 1 is 1.40 bits per heavy atom. The fourth-order valence-electron chi connectivity index (χ4n) is 1.68. The third kappa shape index (κ3) is 1.49. The molecule has 1 aliphatic heterocycles. The fourth-order valence-corrected chi connectivity index (χ4v) is 1.68. The Kier molecular flexibility index (Phi) is 1.77. The first kappa shape index (κ1) is 8.52. The Hall–Kier alpha value is -1.78. The van der Waals surface area contributed by atoms with E-state index >= 15 is 0 Å². The standard InChI is InChI=1S/C10H10N4O/c15-10-5-8(7-1-2-7)13-14(10)9-3-4-11-6-12-9/h3-4,6-7H,1-2,5H2. The monoisotopic (exact) mass is 202 g/mol. The third-order valence-electron chi connectivity index (χ3n) is 2.63. The van der Waals surface area contributed by atoms with Gasteiger partial charge >= 0.3 is 0 Å². The van der Waals surface area contributed by atoms with Gasteiger partial charge in [-0.1, -0.05) is 0 Å². The van der Waals surface area contributed by atoms with Crippen LogP contribution in [-0.2, 0) is 4.79 Å². The summed E-state index contributed by atoms with van der Waals surface area (Å²) < 4.78 is 0. The topological polar surface area (TPSA) is 58.5 Å². The van der Waals surface area contributed by atoms with E-state index in [0.29, 0.717) is 18.2 Å². The fraction of sp³-hybridized carbons (Fsp3) is 0.400. The average molecular weight is 202 g/mol. The molecule has 1 amide bonds. The molecule has 1 fully saturated rings. The normalized spacial score (nSPS) is 20.7. The second kappa shape index (κ2) is 3.12. The second-order valence-corrected chi connectivity index (χ2v) is 3.82. The molecule has 0 N–H and O–H groups in total. The van der Waals surface area contributed by atoms with E-state index in [1.54, 1.807) is 12.3 Å². The van der Waals surface area contributed by atoms with E-state index in [-0.39, 0.29) is 5.91 Å². The van der Waals surface area contributed by atoms with Crippen molar-refractivity contribution in [1.82, 2.24) is 9.97 Å². The average Bonchev–Trinajstić information content (AvgIpc) is 3.04. The van der Waals surface area contributed by atoms with Crippen molar-refractivity contribution < 1.29 is 4.79 Å². The van der Waals surface area contributed by atoms with E-state index in [1.165, 1.54) is 24.2 Å². The zero-order chi connectivity index (χ0) is 10.3. The molecular formula is C10H10N4O. The lowest BCUT2D eigenvalue weighted by Crippen LogP contribution is -2.20. The molecule has 0 unspecified atom stereocenters. The largest absolute Gasteiger partial charge is 0.272 e. The van der Waals surface area contributed by atoms with Gasteiger partial charge in [-0.25, -0.2) is 9.97 Å². The zero-order valence-corrected chi connectivity index (χ0v) is 8.13. The highest BCUT2D eigenvalue weighted by Crippen LogP contribution is 2.34. The first-order valence-corrected chi connectivity index (χ1v) is 5.01. The molecule has 2 heterocycles. The molecule has 0 atom stereocenters. The van der Waals surface area contributed by atoms with Crippen LogP contribution in [0.4, 0.5) is 5.82 Å². The molecule has 5 heteroatoms. The van der Waals surface area contributed by atoms with Gasteiger partial charge in [0.25, 0.3) is 5.91 Å². The van der Waals surface area contributed by atoms with Crippen molar-refractivity contribution >= 4 is 17.4 Å². The Morgan fingerprint density at radius 3 is 2.93 bits per heavy atom. The lowest BCUT2D eigenvalue weighted by atomic mass is 10.2. The van der Waals surface area contributed by atoms with Crippen molar-refractivity contribution in [1.29, 1.82) is 0 Å². The van der Waals surface area contributed by atoms with Gasteiger partial charge in [0.05, 0.1) is 12.1 Å². The molecule has 0 radical (unpaired) electrons. The minimum atomic E-state index is 0.00981. The summed E-state index contributed by atoms with van der Waals surface area (Å²) in [6, 6.07) is 1.69. The number of rotatable bonds is 2. The second-order valence-electron chi connectivity index (χ2n) is 3.82. The van der Waals surface area contributed by atoms with Gasteiger partial charge in [0.2, 0.25) is 0 Å². The summed E-state index contributed by atoms with van der Waals surface area (Å²) >= 11 is 0. The van der Waals surface area contributed by atoms with Gasteiger partial charge in [0, 0.05) is 12.3 Å². The minimum Gasteiger partial charge on any atom is -0.272 e. The predicted octanol–water partition coefficient (Wildman–Crippen LogP) is 0.979. The van der Waals surface area contributed by atoms with Crippen molar-refractivity contribution in [2.45, 2.75) is 19.3 Å². The first-order chi connectivity index (χ1) is 7.34. The summed E-state index contributed by atoms with van der Waals surface area (Å²) in [4.78, 5) is 19.5. The molecular weight excluding hydrogens is 192 g/mol. The van der Waals surface area contributed by atoms with Crippen LogP contribution in [0, 0.1) is 5.92 Å². The van der Waals surface area contributed by atoms with Crippen molar-refractivity contribution in [2.75, 3.05) is 5.01 Å². The van der Waals surface area contributed by atoms with E-state index in [4.69, 9.17) is 0 Å². The van der Waals surface area contributed by atoms with Crippen molar-refractivity contribution in [3.8, 4) is 0 Å². The summed E-state index contributed by atoms with van der Waals surface area (Å²) in [7, 11) is 0. The highest BCUT2D eigenvalue weighted by atomic mass is 16.2. The third-order valence-corrected chi connectivity index (χ3v) is 2.63. The number of amides is 1. The van der Waals surface area contributed by atoms with Crippen LogP contribution in [0.25, 0.3) is 0 Å². The van der Waals surface area contributed by atoms with Crippen LogP contribution in [0.3, 0.4) is 0 Å². The number of aromatic nitrogens is 2. The molecule has 0 bridgehead atoms. The van der Waals surface area contributed by atoms with E-state index in [0.717, 1.165) is 5.71 Å². The number of hydrazone groups is 1. The van der Waals surface area contributed by atoms with Crippen LogP contribution >= 0.6 is 0 Å². The molecule has 1 aromatic rings. The predicted molar refractivity (Wildman–Crippen MR) is 54.3 cm³/mol. The number of carbonyl (C=O) groups is 1. The summed E-state index contributed by atoms with van der Waals surface area (Å²) in [5, 5.41) is 5.70. The number of nitrogens with zero attached hydrogens (tertiary/aromatic N) is 4. The molecule has 76 valence electrons. The molecule has 1 aromatic heterocycles. The lowest BCUT2D eigenvalue weighted by molar-refractivity contribution is -0.116. The number of hydrogen-bond donors (Lipinski definition) is 0. The highest BCUT2D eigenvalue weighted by molar-refractivity contribution is 6.13. The maximum Gasteiger partial charge on any atom is 0.254 e. The molecule has 0 aromatic carbocycles. The van der Waals surface area contributed by atoms with Crippen LogP contribution in [0.2, 0.25) is 0 Å². The SMILES string of the molecule is O=C1CC(C2CC2)=NN1c1ccncn1. The van der Waals surface area contributed by atoms with Crippen LogP contribution in [0.15, 0.2) is 23.7 Å². The number of carbonyl (C=O) groups excluding carboxylic acids is 1. The summed E-state index contributed by atoms with van der Waals surface area (Å²) in [5.74, 6) is 1.11. The molecule has 5 nitrogen and oxygen atoms in total. The summed E-state index contributed by atoms with van der Waals surface area (Å²) in [6.45, 7) is 0. The highest BCUT2D eigenvalue weighted by Gasteiger charge is 2.35. The van der Waals surface area contributed by atoms with Gasteiger partial charge in [-0.15, -0.1) is 0 Å². The number of anilines is 1. The van der Waals surface area contributed by atoms with E-state index < -0.39 is 0 Å². The Morgan fingerprint density at radius 2 is 2.27 bits per heavy atom.